The molecule has 0 bridgehead atoms. The molecule has 13 heteroatoms. The number of ether oxygens (including phenoxy) is 2. The third-order valence-corrected chi connectivity index (χ3v) is 9.82. The zero-order valence-corrected chi connectivity index (χ0v) is 28.3. The van der Waals surface area contributed by atoms with Crippen LogP contribution in [0.15, 0.2) is 42.7 Å². The minimum atomic E-state index is -1.09. The van der Waals surface area contributed by atoms with Crippen LogP contribution >= 0.6 is 23.2 Å². The summed E-state index contributed by atoms with van der Waals surface area (Å²) >= 11 is 13.4. The second-order valence-electron chi connectivity index (χ2n) is 13.6. The first-order valence-corrected chi connectivity index (χ1v) is 16.7. The predicted molar refractivity (Wildman–Crippen MR) is 178 cm³/mol. The molecule has 2 fully saturated rings. The second kappa shape index (κ2) is 12.0. The fourth-order valence-electron chi connectivity index (χ4n) is 7.18. The molecule has 0 spiro atoms. The lowest BCUT2D eigenvalue weighted by Gasteiger charge is -2.26. The van der Waals surface area contributed by atoms with Gasteiger partial charge < -0.3 is 23.8 Å². The number of hydrogen-bond acceptors (Lipinski definition) is 7. The van der Waals surface area contributed by atoms with Crippen molar-refractivity contribution in [3.8, 4) is 11.3 Å². The fourth-order valence-corrected chi connectivity index (χ4v) is 7.61. The van der Waals surface area contributed by atoms with Crippen LogP contribution in [0.2, 0.25) is 10.0 Å². The lowest BCUT2D eigenvalue weighted by atomic mass is 10.0. The molecule has 3 aliphatic rings. The fraction of sp³-hybridized carbons (Fsp3) is 0.471. The van der Waals surface area contributed by atoms with Gasteiger partial charge >= 0.3 is 12.1 Å². The minimum Gasteiger partial charge on any atom is -0.464 e. The molecule has 1 amide bonds. The zero-order chi connectivity index (χ0) is 33.2. The monoisotopic (exact) mass is 682 g/mol. The van der Waals surface area contributed by atoms with E-state index in [0.29, 0.717) is 63.0 Å². The van der Waals surface area contributed by atoms with Gasteiger partial charge in [0.15, 0.2) is 6.04 Å². The van der Waals surface area contributed by atoms with E-state index >= 15 is 0 Å². The maximum absolute atomic E-state index is 14.5. The van der Waals surface area contributed by atoms with Crippen molar-refractivity contribution in [2.45, 2.75) is 58.5 Å². The summed E-state index contributed by atoms with van der Waals surface area (Å²) in [5.74, 6) is 0.164. The number of amides is 1. The van der Waals surface area contributed by atoms with Gasteiger partial charge in [-0.15, -0.1) is 0 Å². The van der Waals surface area contributed by atoms with E-state index in [-0.39, 0.29) is 25.7 Å². The molecule has 2 aromatic heterocycles. The number of hydrogen-bond donors (Lipinski definition) is 0. The Balaban J connectivity index is 1.22. The minimum absolute atomic E-state index is 0.144. The Morgan fingerprint density at radius 2 is 1.68 bits per heavy atom. The average molecular weight is 684 g/mol. The highest BCUT2D eigenvalue weighted by Crippen LogP contribution is 2.42. The molecule has 5 heterocycles. The van der Waals surface area contributed by atoms with Gasteiger partial charge in [-0.2, -0.15) is 5.10 Å². The number of rotatable bonds is 6. The van der Waals surface area contributed by atoms with Crippen LogP contribution < -0.4 is 4.90 Å². The molecule has 3 aliphatic heterocycles. The van der Waals surface area contributed by atoms with Gasteiger partial charge in [-0.1, -0.05) is 35.3 Å². The summed E-state index contributed by atoms with van der Waals surface area (Å²) in [5.41, 5.74) is 3.35. The van der Waals surface area contributed by atoms with E-state index in [1.807, 2.05) is 49.9 Å². The molecule has 7 rings (SSSR count). The molecule has 10 nitrogen and oxygen atoms in total. The Kier molecular flexibility index (Phi) is 8.11. The molecule has 2 saturated heterocycles. The Morgan fingerprint density at radius 3 is 2.34 bits per heavy atom. The van der Waals surface area contributed by atoms with Crippen molar-refractivity contribution in [3.05, 3.63) is 64.2 Å². The molecule has 0 radical (unpaired) electrons. The summed E-state index contributed by atoms with van der Waals surface area (Å²) in [6.07, 6.45) is 0.390. The maximum atomic E-state index is 14.5. The van der Waals surface area contributed by atoms with Gasteiger partial charge in [0.25, 0.3) is 0 Å². The average Bonchev–Trinajstić information content (AvgIpc) is 3.81. The highest BCUT2D eigenvalue weighted by atomic mass is 35.5. The van der Waals surface area contributed by atoms with Crippen molar-refractivity contribution in [1.82, 2.24) is 24.2 Å². The topological polar surface area (TPSA) is 94.7 Å². The number of imidazole rings is 1. The first-order valence-electron chi connectivity index (χ1n) is 16.0. The molecule has 0 aliphatic carbocycles. The predicted octanol–water partition coefficient (Wildman–Crippen LogP) is 6.56. The second-order valence-corrected chi connectivity index (χ2v) is 14.4. The highest BCUT2D eigenvalue weighted by Gasteiger charge is 2.43. The number of carbonyl (C=O) groups is 2. The number of anilines is 1. The molecule has 47 heavy (non-hydrogen) atoms. The zero-order valence-electron chi connectivity index (χ0n) is 26.8. The lowest BCUT2D eigenvalue weighted by molar-refractivity contribution is -0.146. The third kappa shape index (κ3) is 5.82. The van der Waals surface area contributed by atoms with E-state index < -0.39 is 23.8 Å². The smallest absolute Gasteiger partial charge is 0.410 e. The first-order chi connectivity index (χ1) is 22.4. The number of benzene rings is 2. The van der Waals surface area contributed by atoms with Crippen molar-refractivity contribution in [2.24, 2.45) is 11.8 Å². The summed E-state index contributed by atoms with van der Waals surface area (Å²) in [4.78, 5) is 35.1. The Hall–Kier alpha value is -3.83. The molecule has 0 N–H and O–H groups in total. The number of esters is 1. The summed E-state index contributed by atoms with van der Waals surface area (Å²) in [7, 11) is 0. The Bertz CT molecular complexity index is 1840. The van der Waals surface area contributed by atoms with Crippen molar-refractivity contribution in [2.75, 3.05) is 37.7 Å². The number of aromatic nitrogens is 4. The molecule has 2 aromatic carbocycles. The SMILES string of the molecule is CCOC(=O)C(c1ncn2c1C[C@@H](F)C2)n1nc2c(Cl)ccc(Cl)c2c1-c1ccc(N2C[C@H]3CN(C(=O)OC(C)(C)C)C[C@H]3C2)cc1. The molecule has 248 valence electrons. The van der Waals surface area contributed by atoms with Crippen molar-refractivity contribution in [1.29, 1.82) is 0 Å². The lowest BCUT2D eigenvalue weighted by Crippen LogP contribution is -2.37. The van der Waals surface area contributed by atoms with Crippen LogP contribution in [0.3, 0.4) is 0 Å². The number of likely N-dealkylation sites (tertiary alicyclic amines) is 1. The largest absolute Gasteiger partial charge is 0.464 e. The van der Waals surface area contributed by atoms with Crippen LogP contribution in [0.4, 0.5) is 14.9 Å². The van der Waals surface area contributed by atoms with Crippen LogP contribution in [0.1, 0.15) is 45.1 Å². The Morgan fingerprint density at radius 1 is 1.00 bits per heavy atom. The van der Waals surface area contributed by atoms with Gasteiger partial charge in [0.2, 0.25) is 0 Å². The van der Waals surface area contributed by atoms with Gasteiger partial charge in [0.1, 0.15) is 17.3 Å². The van der Waals surface area contributed by atoms with Gasteiger partial charge in [-0.3, -0.25) is 0 Å². The third-order valence-electron chi connectivity index (χ3n) is 9.20. The van der Waals surface area contributed by atoms with E-state index in [1.165, 1.54) is 0 Å². The Labute approximate surface area is 282 Å². The van der Waals surface area contributed by atoms with E-state index in [9.17, 15) is 14.0 Å². The van der Waals surface area contributed by atoms with E-state index in [4.69, 9.17) is 37.8 Å². The van der Waals surface area contributed by atoms with Crippen molar-refractivity contribution >= 4 is 51.9 Å². The van der Waals surface area contributed by atoms with Crippen LogP contribution in [0, 0.1) is 11.8 Å². The van der Waals surface area contributed by atoms with Gasteiger partial charge in [0.05, 0.1) is 40.9 Å². The maximum Gasteiger partial charge on any atom is 0.410 e. The van der Waals surface area contributed by atoms with Crippen LogP contribution in [-0.2, 0) is 27.2 Å². The van der Waals surface area contributed by atoms with E-state index in [2.05, 4.69) is 9.88 Å². The summed E-state index contributed by atoms with van der Waals surface area (Å²) in [5, 5.41) is 6.24. The number of nitrogens with zero attached hydrogens (tertiary/aromatic N) is 6. The number of halogens is 3. The standard InChI is InChI=1S/C34H37Cl2FN6O4/c1-5-46-32(44)31(29-26-12-22(37)17-42(26)18-38-29)43-30(27-24(35)10-11-25(36)28(27)39-43)19-6-8-23(9-7-19)40-13-20-15-41(16-21(20)14-40)33(45)47-34(2,3)4/h6-11,18,20-22,31H,5,12-17H2,1-4H3/t20-,21+,22-,31?/m1/s1. The number of fused-ring (bicyclic) bond motifs is 3. The first kappa shape index (κ1) is 31.8. The van der Waals surface area contributed by atoms with Crippen LogP contribution in [0.5, 0.6) is 0 Å². The van der Waals surface area contributed by atoms with Gasteiger partial charge in [-0.25, -0.2) is 23.6 Å². The van der Waals surface area contributed by atoms with Crippen molar-refractivity contribution < 1.29 is 23.5 Å². The molecule has 4 aromatic rings. The summed E-state index contributed by atoms with van der Waals surface area (Å²) in [6, 6.07) is 10.4. The molecule has 4 atom stereocenters. The molecule has 0 saturated carbocycles. The summed E-state index contributed by atoms with van der Waals surface area (Å²) in [6.45, 7) is 10.7. The highest BCUT2D eigenvalue weighted by molar-refractivity contribution is 6.40. The van der Waals surface area contributed by atoms with E-state index in [0.717, 1.165) is 24.3 Å². The van der Waals surface area contributed by atoms with E-state index in [1.54, 1.807) is 34.6 Å². The van der Waals surface area contributed by atoms with Gasteiger partial charge in [-0.05, 0) is 52.0 Å². The van der Waals surface area contributed by atoms with Gasteiger partial charge in [0, 0.05) is 66.8 Å². The molecular formula is C34H37Cl2FN6O4. The number of alkyl halides is 1. The van der Waals surface area contributed by atoms with Crippen LogP contribution in [-0.4, -0.2) is 80.9 Å². The quantitative estimate of drug-likeness (QED) is 0.213. The summed E-state index contributed by atoms with van der Waals surface area (Å²) < 4.78 is 28.9. The normalized spacial score (nSPS) is 21.3. The molecular weight excluding hydrogens is 646 g/mol. The molecule has 1 unspecified atom stereocenters. The number of carbonyl (C=O) groups excluding carboxylic acids is 2. The van der Waals surface area contributed by atoms with Crippen LogP contribution in [0.25, 0.3) is 22.2 Å². The van der Waals surface area contributed by atoms with Crippen molar-refractivity contribution in [3.63, 3.8) is 0 Å².